The van der Waals surface area contributed by atoms with Gasteiger partial charge in [0, 0.05) is 0 Å². The fourth-order valence-electron chi connectivity index (χ4n) is 0.340. The van der Waals surface area contributed by atoms with Crippen molar-refractivity contribution in [3.05, 3.63) is 30.7 Å². The normalized spacial score (nSPS) is 8.83. The van der Waals surface area contributed by atoms with E-state index in [1.807, 2.05) is 32.4 Å². The van der Waals surface area contributed by atoms with Crippen molar-refractivity contribution in [3.63, 3.8) is 0 Å². The molecule has 1 aliphatic rings. The van der Waals surface area contributed by atoms with Crippen LogP contribution in [0.15, 0.2) is 18.2 Å². The van der Waals surface area contributed by atoms with Crippen LogP contribution in [0.3, 0.4) is 0 Å². The number of hydrogen-bond acceptors (Lipinski definition) is 0. The third-order valence-electron chi connectivity index (χ3n) is 0.586. The summed E-state index contributed by atoms with van der Waals surface area (Å²) >= 11 is 0. The summed E-state index contributed by atoms with van der Waals surface area (Å²) in [6.07, 6.45) is 12.0. The summed E-state index contributed by atoms with van der Waals surface area (Å²) < 4.78 is 0. The van der Waals surface area contributed by atoms with E-state index in [0.29, 0.717) is 0 Å². The van der Waals surface area contributed by atoms with Gasteiger partial charge in [0.1, 0.15) is 0 Å². The SMILES string of the molecule is C[CH-]C.Cl.Cl.Cl.[C-]1=CC=CC1.[V+2]. The quantitative estimate of drug-likeness (QED) is 0.586. The Morgan fingerprint density at radius 1 is 1.17 bits per heavy atom. The maximum Gasteiger partial charge on any atom is 2.00 e. The van der Waals surface area contributed by atoms with E-state index in [0.717, 1.165) is 6.42 Å². The van der Waals surface area contributed by atoms with Crippen LogP contribution < -0.4 is 0 Å². The predicted molar refractivity (Wildman–Crippen MR) is 59.0 cm³/mol. The van der Waals surface area contributed by atoms with Crippen LogP contribution >= 0.6 is 37.2 Å². The summed E-state index contributed by atoms with van der Waals surface area (Å²) in [5.41, 5.74) is 0. The van der Waals surface area contributed by atoms with E-state index in [1.54, 1.807) is 0 Å². The van der Waals surface area contributed by atoms with Gasteiger partial charge in [-0.15, -0.1) is 43.6 Å². The molecular weight excluding hydrogens is 253 g/mol. The Morgan fingerprint density at radius 2 is 1.58 bits per heavy atom. The van der Waals surface area contributed by atoms with E-state index in [-0.39, 0.29) is 55.8 Å². The standard InChI is InChI=1S/C5H5.C3H7.3ClH.V/c1-2-4-5-3-1;1-3-2;;;;/h1-3H,4H2;3H,1-2H3;3*1H;/q2*-1;;;;+2. The smallest absolute Gasteiger partial charge is 0.335 e. The Bertz CT molecular complexity index is 82.3. The molecule has 0 aromatic rings. The maximum absolute atomic E-state index is 2.99. The molecule has 0 aliphatic heterocycles. The zero-order valence-corrected chi connectivity index (χ0v) is 11.0. The van der Waals surface area contributed by atoms with Crippen molar-refractivity contribution in [1.29, 1.82) is 0 Å². The summed E-state index contributed by atoms with van der Waals surface area (Å²) in [7, 11) is 0. The summed E-state index contributed by atoms with van der Waals surface area (Å²) in [6.45, 7) is 4.00. The van der Waals surface area contributed by atoms with Crippen molar-refractivity contribution in [1.82, 2.24) is 0 Å². The van der Waals surface area contributed by atoms with E-state index in [9.17, 15) is 0 Å². The average molecular weight is 269 g/mol. The van der Waals surface area contributed by atoms with Gasteiger partial charge in [-0.25, -0.2) is 12.2 Å². The van der Waals surface area contributed by atoms with Gasteiger partial charge in [0.05, 0.1) is 0 Å². The van der Waals surface area contributed by atoms with Crippen molar-refractivity contribution < 1.29 is 18.6 Å². The average Bonchev–Trinajstić information content (AvgIpc) is 2.17. The van der Waals surface area contributed by atoms with Gasteiger partial charge in [-0.05, 0) is 0 Å². The van der Waals surface area contributed by atoms with Gasteiger partial charge in [0.15, 0.2) is 0 Å². The Labute approximate surface area is 106 Å². The second-order valence-electron chi connectivity index (χ2n) is 1.58. The molecule has 0 nitrogen and oxygen atoms in total. The van der Waals surface area contributed by atoms with Crippen LogP contribution in [0, 0.1) is 12.5 Å². The van der Waals surface area contributed by atoms with Crippen LogP contribution in [0.1, 0.15) is 20.3 Å². The van der Waals surface area contributed by atoms with E-state index >= 15 is 0 Å². The predicted octanol–water partition coefficient (Wildman–Crippen LogP) is 3.80. The van der Waals surface area contributed by atoms with E-state index < -0.39 is 0 Å². The molecule has 1 radical (unpaired) electrons. The molecule has 0 N–H and O–H groups in total. The molecule has 4 heteroatoms. The van der Waals surface area contributed by atoms with Crippen molar-refractivity contribution >= 4 is 37.2 Å². The van der Waals surface area contributed by atoms with Gasteiger partial charge in [-0.2, -0.15) is 19.9 Å². The fourth-order valence-corrected chi connectivity index (χ4v) is 0.340. The molecule has 0 saturated carbocycles. The summed E-state index contributed by atoms with van der Waals surface area (Å²) in [4.78, 5) is 0. The minimum Gasteiger partial charge on any atom is -0.335 e. The molecule has 0 heterocycles. The van der Waals surface area contributed by atoms with Crippen LogP contribution in [0.25, 0.3) is 0 Å². The minimum atomic E-state index is 0. The molecule has 0 spiro atoms. The molecule has 0 saturated heterocycles. The second kappa shape index (κ2) is 29.7. The van der Waals surface area contributed by atoms with Gasteiger partial charge in [-0.1, -0.05) is 0 Å². The number of halogens is 3. The molecule has 0 fully saturated rings. The molecule has 73 valence electrons. The first-order valence-corrected chi connectivity index (χ1v) is 2.87. The molecule has 0 atom stereocenters. The van der Waals surface area contributed by atoms with Crippen LogP contribution in [-0.4, -0.2) is 0 Å². The van der Waals surface area contributed by atoms with E-state index in [2.05, 4.69) is 12.2 Å². The molecule has 0 aromatic heterocycles. The van der Waals surface area contributed by atoms with Crippen LogP contribution in [0.4, 0.5) is 0 Å². The summed E-state index contributed by atoms with van der Waals surface area (Å²) in [6, 6.07) is 0. The van der Waals surface area contributed by atoms with Crippen LogP contribution in [0.2, 0.25) is 0 Å². The van der Waals surface area contributed by atoms with Crippen molar-refractivity contribution in [2.45, 2.75) is 20.3 Å². The fraction of sp³-hybridized carbons (Fsp3) is 0.375. The first kappa shape index (κ1) is 29.3. The number of rotatable bonds is 0. The van der Waals surface area contributed by atoms with Crippen LogP contribution in [0.5, 0.6) is 0 Å². The molecule has 12 heavy (non-hydrogen) atoms. The topological polar surface area (TPSA) is 0 Å². The van der Waals surface area contributed by atoms with Crippen LogP contribution in [-0.2, 0) is 18.6 Å². The summed E-state index contributed by atoms with van der Waals surface area (Å²) in [5.74, 6) is 0. The third kappa shape index (κ3) is 30.6. The van der Waals surface area contributed by atoms with Gasteiger partial charge >= 0.3 is 18.6 Å². The Balaban J connectivity index is -0.0000000219. The molecule has 0 unspecified atom stereocenters. The van der Waals surface area contributed by atoms with Gasteiger partial charge in [0.2, 0.25) is 0 Å². The number of allylic oxidation sites excluding steroid dienone is 4. The minimum absolute atomic E-state index is 0. The van der Waals surface area contributed by atoms with Gasteiger partial charge < -0.3 is 6.42 Å². The molecular formula is C8H15Cl3V. The van der Waals surface area contributed by atoms with E-state index in [1.165, 1.54) is 0 Å². The maximum atomic E-state index is 2.99. The van der Waals surface area contributed by atoms with E-state index in [4.69, 9.17) is 0 Å². The summed E-state index contributed by atoms with van der Waals surface area (Å²) in [5, 5.41) is 0. The second-order valence-corrected chi connectivity index (χ2v) is 1.58. The number of hydrogen-bond donors (Lipinski definition) is 0. The van der Waals surface area contributed by atoms with Crippen molar-refractivity contribution in [3.8, 4) is 0 Å². The molecule has 0 aromatic carbocycles. The zero-order valence-electron chi connectivity index (χ0n) is 7.19. The third-order valence-corrected chi connectivity index (χ3v) is 0.586. The van der Waals surface area contributed by atoms with Crippen molar-refractivity contribution in [2.24, 2.45) is 0 Å². The zero-order chi connectivity index (χ0) is 6.24. The molecule has 0 amide bonds. The van der Waals surface area contributed by atoms with Gasteiger partial charge in [-0.3, -0.25) is 6.08 Å². The monoisotopic (exact) mass is 267 g/mol. The Hall–Kier alpha value is 0.934. The Kier molecular flexibility index (Phi) is 72.4. The largest absolute Gasteiger partial charge is 2.00 e. The molecule has 1 rings (SSSR count). The van der Waals surface area contributed by atoms with Gasteiger partial charge in [0.25, 0.3) is 0 Å². The Morgan fingerprint density at radius 3 is 1.67 bits per heavy atom. The first-order valence-electron chi connectivity index (χ1n) is 2.87. The first-order chi connectivity index (χ1) is 3.91. The molecule has 1 aliphatic carbocycles. The molecule has 0 bridgehead atoms. The van der Waals surface area contributed by atoms with Crippen molar-refractivity contribution in [2.75, 3.05) is 0 Å².